The lowest BCUT2D eigenvalue weighted by Crippen LogP contribution is -2.47. The first-order valence-electron chi connectivity index (χ1n) is 10.4. The fraction of sp³-hybridized carbons (Fsp3) is 0.500. The summed E-state index contributed by atoms with van der Waals surface area (Å²) < 4.78 is 31.0. The van der Waals surface area contributed by atoms with Gasteiger partial charge in [-0.1, -0.05) is 0 Å². The SMILES string of the molecule is Nc1ncc(-c2nc(N3CCOCC3)c3nc(N4CCN(S(=O)[O-])CC4)n(CO)c3n2)cn1. The molecule has 0 saturated carbocycles. The van der Waals surface area contributed by atoms with Crippen molar-refractivity contribution < 1.29 is 18.6 Å². The third kappa shape index (κ3) is 4.20. The van der Waals surface area contributed by atoms with Crippen LogP contribution in [0.4, 0.5) is 17.7 Å². The van der Waals surface area contributed by atoms with Gasteiger partial charge in [-0.3, -0.25) is 8.78 Å². The minimum Gasteiger partial charge on any atom is -0.760 e. The Morgan fingerprint density at radius 3 is 2.36 bits per heavy atom. The van der Waals surface area contributed by atoms with E-state index in [1.54, 1.807) is 17.0 Å². The van der Waals surface area contributed by atoms with E-state index in [4.69, 9.17) is 20.4 Å². The maximum Gasteiger partial charge on any atom is 0.219 e. The van der Waals surface area contributed by atoms with Crippen molar-refractivity contribution in [1.29, 1.82) is 0 Å². The number of aromatic nitrogens is 6. The van der Waals surface area contributed by atoms with Gasteiger partial charge in [0.1, 0.15) is 6.73 Å². The monoisotopic (exact) mass is 475 g/mol. The molecule has 176 valence electrons. The van der Waals surface area contributed by atoms with Gasteiger partial charge in [-0.15, -0.1) is 0 Å². The highest BCUT2D eigenvalue weighted by atomic mass is 32.2. The molecule has 0 spiro atoms. The Labute approximate surface area is 191 Å². The number of nitrogens with zero attached hydrogens (tertiary/aromatic N) is 9. The van der Waals surface area contributed by atoms with Gasteiger partial charge in [-0.2, -0.15) is 0 Å². The predicted octanol–water partition coefficient (Wildman–Crippen LogP) is -1.43. The Morgan fingerprint density at radius 1 is 1.03 bits per heavy atom. The number of nitrogen functional groups attached to an aromatic ring is 1. The Kier molecular flexibility index (Phi) is 6.03. The van der Waals surface area contributed by atoms with Crippen molar-refractivity contribution in [3.8, 4) is 11.4 Å². The van der Waals surface area contributed by atoms with Gasteiger partial charge in [0.2, 0.25) is 11.9 Å². The van der Waals surface area contributed by atoms with Crippen LogP contribution in [0.15, 0.2) is 12.4 Å². The molecule has 0 aromatic carbocycles. The molecule has 2 aliphatic rings. The van der Waals surface area contributed by atoms with Crippen molar-refractivity contribution in [2.75, 3.05) is 68.0 Å². The van der Waals surface area contributed by atoms with Crippen LogP contribution in [0.25, 0.3) is 22.6 Å². The fourth-order valence-electron chi connectivity index (χ4n) is 3.96. The summed E-state index contributed by atoms with van der Waals surface area (Å²) in [6, 6.07) is 0. The molecule has 2 fully saturated rings. The third-order valence-corrected chi connectivity index (χ3v) is 6.46. The first kappa shape index (κ1) is 21.8. The van der Waals surface area contributed by atoms with E-state index in [1.165, 1.54) is 4.31 Å². The van der Waals surface area contributed by atoms with Crippen LogP contribution < -0.4 is 15.5 Å². The molecule has 0 radical (unpaired) electrons. The van der Waals surface area contributed by atoms with E-state index in [-0.39, 0.29) is 12.7 Å². The number of anilines is 3. The Morgan fingerprint density at radius 2 is 1.73 bits per heavy atom. The molecule has 5 rings (SSSR count). The molecule has 0 amide bonds. The molecule has 1 unspecified atom stereocenters. The van der Waals surface area contributed by atoms with Gasteiger partial charge in [0.25, 0.3) is 0 Å². The molecular weight excluding hydrogens is 452 g/mol. The molecule has 2 saturated heterocycles. The second-order valence-corrected chi connectivity index (χ2v) is 8.54. The third-order valence-electron chi connectivity index (χ3n) is 5.67. The fourth-order valence-corrected chi connectivity index (χ4v) is 4.42. The highest BCUT2D eigenvalue weighted by Gasteiger charge is 2.27. The lowest BCUT2D eigenvalue weighted by atomic mass is 10.3. The van der Waals surface area contributed by atoms with Crippen LogP contribution in [-0.2, 0) is 22.7 Å². The van der Waals surface area contributed by atoms with Crippen molar-refractivity contribution in [2.24, 2.45) is 0 Å². The number of morpholine rings is 1. The van der Waals surface area contributed by atoms with Gasteiger partial charge >= 0.3 is 0 Å². The smallest absolute Gasteiger partial charge is 0.219 e. The number of nitrogens with two attached hydrogens (primary N) is 1. The van der Waals surface area contributed by atoms with Gasteiger partial charge in [0.15, 0.2) is 22.8 Å². The van der Waals surface area contributed by atoms with Gasteiger partial charge in [0, 0.05) is 62.9 Å². The minimum atomic E-state index is -2.26. The maximum atomic E-state index is 11.3. The molecule has 15 heteroatoms. The maximum absolute atomic E-state index is 11.3. The molecule has 0 bridgehead atoms. The number of aliphatic hydroxyl groups excluding tert-OH is 1. The molecule has 3 aromatic heterocycles. The number of fused-ring (bicyclic) bond motifs is 1. The molecule has 33 heavy (non-hydrogen) atoms. The summed E-state index contributed by atoms with van der Waals surface area (Å²) in [5, 5.41) is 10.2. The van der Waals surface area contributed by atoms with E-state index >= 15 is 0 Å². The van der Waals surface area contributed by atoms with Crippen LogP contribution in [0.3, 0.4) is 0 Å². The Balaban J connectivity index is 1.61. The molecule has 3 aromatic rings. The lowest BCUT2D eigenvalue weighted by Gasteiger charge is -2.35. The summed E-state index contributed by atoms with van der Waals surface area (Å²) in [7, 11) is 0. The topological polar surface area (TPSA) is 175 Å². The van der Waals surface area contributed by atoms with Crippen molar-refractivity contribution in [1.82, 2.24) is 33.8 Å². The van der Waals surface area contributed by atoms with Crippen LogP contribution in [0.2, 0.25) is 0 Å². The van der Waals surface area contributed by atoms with Crippen molar-refractivity contribution in [3.05, 3.63) is 12.4 Å². The van der Waals surface area contributed by atoms with Crippen LogP contribution in [0.1, 0.15) is 0 Å². The molecule has 5 heterocycles. The summed E-state index contributed by atoms with van der Waals surface area (Å²) in [6.45, 7) is 3.60. The predicted molar refractivity (Wildman–Crippen MR) is 119 cm³/mol. The Hall–Kier alpha value is -2.98. The number of imidazole rings is 1. The highest BCUT2D eigenvalue weighted by molar-refractivity contribution is 7.76. The molecule has 1 atom stereocenters. The summed E-state index contributed by atoms with van der Waals surface area (Å²) in [5.74, 6) is 1.67. The molecule has 14 nitrogen and oxygen atoms in total. The molecule has 2 aliphatic heterocycles. The molecular formula is C18H23N10O4S-. The first-order valence-corrected chi connectivity index (χ1v) is 11.5. The average molecular weight is 476 g/mol. The zero-order chi connectivity index (χ0) is 22.9. The van der Waals surface area contributed by atoms with E-state index in [0.717, 1.165) is 0 Å². The zero-order valence-electron chi connectivity index (χ0n) is 17.7. The summed E-state index contributed by atoms with van der Waals surface area (Å²) in [6.07, 6.45) is 3.10. The van der Waals surface area contributed by atoms with Gasteiger partial charge in [-0.25, -0.2) is 29.2 Å². The van der Waals surface area contributed by atoms with Gasteiger partial charge < -0.3 is 29.9 Å². The van der Waals surface area contributed by atoms with Crippen LogP contribution >= 0.6 is 0 Å². The largest absolute Gasteiger partial charge is 0.760 e. The lowest BCUT2D eigenvalue weighted by molar-refractivity contribution is 0.122. The number of rotatable bonds is 5. The number of ether oxygens (including phenoxy) is 1. The van der Waals surface area contributed by atoms with Crippen LogP contribution in [0, 0.1) is 0 Å². The summed E-state index contributed by atoms with van der Waals surface area (Å²) in [5.41, 5.74) is 7.22. The highest BCUT2D eigenvalue weighted by Crippen LogP contribution is 2.31. The molecule has 3 N–H and O–H groups in total. The number of hydrogen-bond donors (Lipinski definition) is 2. The van der Waals surface area contributed by atoms with Crippen LogP contribution in [0.5, 0.6) is 0 Å². The van der Waals surface area contributed by atoms with E-state index in [9.17, 15) is 13.9 Å². The standard InChI is InChI=1S/C18H24N10O4S/c19-17-20-9-12(10-21-17)14-23-15(25-5-7-32-8-6-25)13-16(24-14)28(11-29)18(22-13)26-1-3-27(4-2-26)33(30)31/h9-10,29H,1-8,11H2,(H,30,31)(H2,19,20,21)/p-1. The van der Waals surface area contributed by atoms with E-state index in [0.29, 0.717) is 86.8 Å². The van der Waals surface area contributed by atoms with Gasteiger partial charge in [0.05, 0.1) is 18.8 Å². The number of hydrogen-bond acceptors (Lipinski definition) is 12. The van der Waals surface area contributed by atoms with Crippen molar-refractivity contribution >= 4 is 40.1 Å². The number of piperazine rings is 1. The second-order valence-electron chi connectivity index (χ2n) is 7.59. The normalized spacial score (nSPS) is 18.7. The van der Waals surface area contributed by atoms with Crippen LogP contribution in [-0.4, -0.2) is 100 Å². The average Bonchev–Trinajstić information content (AvgIpc) is 3.23. The minimum absolute atomic E-state index is 0.147. The summed E-state index contributed by atoms with van der Waals surface area (Å²) >= 11 is -2.26. The van der Waals surface area contributed by atoms with Crippen molar-refractivity contribution in [2.45, 2.75) is 6.73 Å². The van der Waals surface area contributed by atoms with E-state index in [1.807, 2.05) is 4.90 Å². The quantitative estimate of drug-likeness (QED) is 0.412. The van der Waals surface area contributed by atoms with E-state index in [2.05, 4.69) is 19.9 Å². The first-order chi connectivity index (χ1) is 16.0. The molecule has 0 aliphatic carbocycles. The Bertz CT molecular complexity index is 1160. The number of aliphatic hydroxyl groups is 1. The van der Waals surface area contributed by atoms with Gasteiger partial charge in [-0.05, 0) is 0 Å². The van der Waals surface area contributed by atoms with Crippen molar-refractivity contribution in [3.63, 3.8) is 0 Å². The summed E-state index contributed by atoms with van der Waals surface area (Å²) in [4.78, 5) is 26.3. The second kappa shape index (κ2) is 9.11. The zero-order valence-corrected chi connectivity index (χ0v) is 18.5. The van der Waals surface area contributed by atoms with E-state index < -0.39 is 11.3 Å².